The Morgan fingerprint density at radius 1 is 1.71 bits per heavy atom. The molecule has 1 aliphatic heterocycles. The van der Waals surface area contributed by atoms with Gasteiger partial charge in [-0.25, -0.2) is 0 Å². The summed E-state index contributed by atoms with van der Waals surface area (Å²) >= 11 is 0. The predicted molar refractivity (Wildman–Crippen MR) is 23.8 cm³/mol. The number of quaternary nitrogens is 1. The van der Waals surface area contributed by atoms with Gasteiger partial charge in [0.1, 0.15) is 0 Å². The van der Waals surface area contributed by atoms with Crippen LogP contribution in [-0.2, 0) is 4.79 Å². The van der Waals surface area contributed by atoms with Crippen molar-refractivity contribution in [2.24, 2.45) is 0 Å². The van der Waals surface area contributed by atoms with Crippen molar-refractivity contribution in [2.45, 2.75) is 12.8 Å². The average molecular weight is 101 g/mol. The summed E-state index contributed by atoms with van der Waals surface area (Å²) in [6, 6.07) is 0. The Labute approximate surface area is 42.1 Å². The fourth-order valence-electron chi connectivity index (χ4n) is 0.704. The number of hydrogen-bond acceptors (Lipinski definition) is 1. The Balaban J connectivity index is 2.48. The lowest BCUT2D eigenvalue weighted by Gasteiger charge is -1.98. The third kappa shape index (κ3) is 0.718. The first kappa shape index (κ1) is 4.59. The van der Waals surface area contributed by atoms with Gasteiger partial charge in [0.25, 0.3) is 5.91 Å². The molecule has 0 aromatic heterocycles. The van der Waals surface area contributed by atoms with Gasteiger partial charge < -0.3 is 0 Å². The van der Waals surface area contributed by atoms with Gasteiger partial charge in [0.05, 0.1) is 6.54 Å². The number of hydrogen-bond donors (Lipinski definition) is 1. The van der Waals surface area contributed by atoms with Gasteiger partial charge in [-0.2, -0.15) is 5.01 Å². The van der Waals surface area contributed by atoms with Crippen LogP contribution in [0.4, 0.5) is 0 Å². The van der Waals surface area contributed by atoms with E-state index in [0.29, 0.717) is 6.42 Å². The van der Waals surface area contributed by atoms with Crippen molar-refractivity contribution in [3.05, 3.63) is 0 Å². The van der Waals surface area contributed by atoms with Gasteiger partial charge in [-0.05, 0) is 6.42 Å². The van der Waals surface area contributed by atoms with Crippen LogP contribution in [0.2, 0.25) is 0 Å². The Bertz CT molecular complexity index is 91.7. The molecule has 3 heteroatoms. The topological polar surface area (TPSA) is 48.0 Å². The highest BCUT2D eigenvalue weighted by Gasteiger charge is 2.18. The van der Waals surface area contributed by atoms with E-state index in [2.05, 4.69) is 5.84 Å². The molecule has 0 aliphatic carbocycles. The summed E-state index contributed by atoms with van der Waals surface area (Å²) in [6.45, 7) is 0.846. The van der Waals surface area contributed by atoms with E-state index in [0.717, 1.165) is 13.0 Å². The van der Waals surface area contributed by atoms with Crippen LogP contribution in [0.25, 0.3) is 0 Å². The molecule has 1 fully saturated rings. The highest BCUT2D eigenvalue weighted by Crippen LogP contribution is 2.01. The van der Waals surface area contributed by atoms with E-state index >= 15 is 0 Å². The van der Waals surface area contributed by atoms with Gasteiger partial charge in [-0.15, -0.1) is 0 Å². The van der Waals surface area contributed by atoms with Gasteiger partial charge in [-0.1, -0.05) is 0 Å². The minimum Gasteiger partial charge on any atom is -0.270 e. The molecule has 1 amide bonds. The van der Waals surface area contributed by atoms with E-state index in [1.54, 1.807) is 0 Å². The highest BCUT2D eigenvalue weighted by atomic mass is 16.2. The van der Waals surface area contributed by atoms with Gasteiger partial charge in [0.15, 0.2) is 0 Å². The molecule has 0 saturated carbocycles. The van der Waals surface area contributed by atoms with Crippen LogP contribution < -0.4 is 5.84 Å². The number of carbonyl (C=O) groups excluding carboxylic acids is 1. The van der Waals surface area contributed by atoms with Gasteiger partial charge in [0.2, 0.25) is 0 Å². The fraction of sp³-hybridized carbons (Fsp3) is 0.750. The molecule has 3 N–H and O–H groups in total. The Kier molecular flexibility index (Phi) is 0.982. The third-order valence-electron chi connectivity index (χ3n) is 1.17. The lowest BCUT2D eigenvalue weighted by Crippen LogP contribution is -2.67. The first-order chi connectivity index (χ1) is 3.30. The maximum Gasteiger partial charge on any atom is 0.267 e. The lowest BCUT2D eigenvalue weighted by molar-refractivity contribution is -0.546. The zero-order valence-electron chi connectivity index (χ0n) is 4.18. The number of nitrogens with zero attached hydrogens (tertiary/aromatic N) is 1. The molecule has 7 heavy (non-hydrogen) atoms. The summed E-state index contributed by atoms with van der Waals surface area (Å²) in [5.41, 5.74) is 0. The van der Waals surface area contributed by atoms with Crippen LogP contribution >= 0.6 is 0 Å². The molecule has 3 nitrogen and oxygen atoms in total. The van der Waals surface area contributed by atoms with Crippen molar-refractivity contribution in [2.75, 3.05) is 6.54 Å². The highest BCUT2D eigenvalue weighted by molar-refractivity contribution is 5.76. The summed E-state index contributed by atoms with van der Waals surface area (Å²) in [5.74, 6) is 3.68. The molecule has 1 rings (SSSR count). The minimum atomic E-state index is 0.181. The maximum absolute atomic E-state index is 10.4. The number of amides is 1. The number of carbonyl (C=O) groups is 1. The summed E-state index contributed by atoms with van der Waals surface area (Å²) in [5, 5.41) is 1.51. The molecule has 0 atom stereocenters. The molecule has 0 bridgehead atoms. The van der Waals surface area contributed by atoms with E-state index in [-0.39, 0.29) is 5.91 Å². The molecule has 0 aromatic carbocycles. The van der Waals surface area contributed by atoms with Crippen LogP contribution in [0.5, 0.6) is 0 Å². The van der Waals surface area contributed by atoms with Crippen LogP contribution in [0, 0.1) is 0 Å². The normalized spacial score (nSPS) is 21.3. The second-order valence-electron chi connectivity index (χ2n) is 1.76. The second kappa shape index (κ2) is 1.50. The zero-order valence-corrected chi connectivity index (χ0v) is 4.18. The molecule has 40 valence electrons. The van der Waals surface area contributed by atoms with Crippen LogP contribution in [0.15, 0.2) is 0 Å². The van der Waals surface area contributed by atoms with E-state index < -0.39 is 0 Å². The largest absolute Gasteiger partial charge is 0.270 e. The standard InChI is InChI=1S/C4H8N2O/c5-6-3-1-2-4(6)7/h1-3,5H2/p+1. The molecule has 1 saturated heterocycles. The summed E-state index contributed by atoms with van der Waals surface area (Å²) in [6.07, 6.45) is 1.69. The Hall–Kier alpha value is -0.570. The SMILES string of the molecule is [NH3+]N1CCCC1=O. The van der Waals surface area contributed by atoms with Crippen molar-refractivity contribution in [1.29, 1.82) is 0 Å². The molecule has 0 aromatic rings. The molecule has 0 spiro atoms. The van der Waals surface area contributed by atoms with Crippen molar-refractivity contribution in [3.63, 3.8) is 0 Å². The van der Waals surface area contributed by atoms with E-state index in [4.69, 9.17) is 0 Å². The quantitative estimate of drug-likeness (QED) is 0.408. The molecular weight excluding hydrogens is 92.1 g/mol. The third-order valence-corrected chi connectivity index (χ3v) is 1.17. The van der Waals surface area contributed by atoms with E-state index in [1.807, 2.05) is 0 Å². The average Bonchev–Trinajstić information content (AvgIpc) is 1.91. The van der Waals surface area contributed by atoms with Gasteiger partial charge >= 0.3 is 0 Å². The minimum absolute atomic E-state index is 0.181. The van der Waals surface area contributed by atoms with Crippen LogP contribution in [0.1, 0.15) is 12.8 Å². The maximum atomic E-state index is 10.4. The van der Waals surface area contributed by atoms with Gasteiger partial charge in [-0.3, -0.25) is 10.6 Å². The van der Waals surface area contributed by atoms with E-state index in [1.165, 1.54) is 5.01 Å². The Morgan fingerprint density at radius 2 is 2.43 bits per heavy atom. The van der Waals surface area contributed by atoms with Crippen molar-refractivity contribution < 1.29 is 10.6 Å². The molecular formula is C4H9N2O+. The lowest BCUT2D eigenvalue weighted by atomic mass is 10.4. The molecule has 0 radical (unpaired) electrons. The summed E-state index contributed by atoms with van der Waals surface area (Å²) in [4.78, 5) is 10.4. The zero-order chi connectivity index (χ0) is 5.28. The van der Waals surface area contributed by atoms with Crippen LogP contribution in [0.3, 0.4) is 0 Å². The predicted octanol–water partition coefficient (Wildman–Crippen LogP) is -1.23. The van der Waals surface area contributed by atoms with Crippen LogP contribution in [-0.4, -0.2) is 17.5 Å². The van der Waals surface area contributed by atoms with Crippen molar-refractivity contribution >= 4 is 5.91 Å². The van der Waals surface area contributed by atoms with Crippen molar-refractivity contribution in [1.82, 2.24) is 5.01 Å². The molecule has 1 heterocycles. The first-order valence-corrected chi connectivity index (χ1v) is 2.41. The summed E-state index contributed by atoms with van der Waals surface area (Å²) in [7, 11) is 0. The first-order valence-electron chi connectivity index (χ1n) is 2.41. The van der Waals surface area contributed by atoms with E-state index in [9.17, 15) is 4.79 Å². The number of rotatable bonds is 0. The molecule has 0 unspecified atom stereocenters. The Morgan fingerprint density at radius 3 is 2.57 bits per heavy atom. The second-order valence-corrected chi connectivity index (χ2v) is 1.76. The molecule has 1 aliphatic rings. The van der Waals surface area contributed by atoms with Gasteiger partial charge in [0, 0.05) is 6.42 Å². The van der Waals surface area contributed by atoms with Crippen molar-refractivity contribution in [3.8, 4) is 0 Å². The smallest absolute Gasteiger partial charge is 0.267 e. The fourth-order valence-corrected chi connectivity index (χ4v) is 0.704. The summed E-state index contributed by atoms with van der Waals surface area (Å²) < 4.78 is 0. The monoisotopic (exact) mass is 101 g/mol.